The topological polar surface area (TPSA) is 92.8 Å². The second-order valence-corrected chi connectivity index (χ2v) is 9.03. The van der Waals surface area contributed by atoms with Gasteiger partial charge in [0.1, 0.15) is 6.54 Å². The molecule has 0 aliphatic carbocycles. The fourth-order valence-electron chi connectivity index (χ4n) is 2.78. The van der Waals surface area contributed by atoms with Crippen molar-refractivity contribution in [1.82, 2.24) is 0 Å². The first kappa shape index (κ1) is 22.7. The standard InChI is InChI=1S/C20H23ClN2O5S/c1-13(2)15-7-5-6-8-18(15)23(29(4,26)27)12-19(24)22-14-9-10-17(21)16(11-14)20(25)28-3/h5-11,13H,12H2,1-4H3,(H,22,24). The summed E-state index contributed by atoms with van der Waals surface area (Å²) in [6.45, 7) is 3.47. The summed E-state index contributed by atoms with van der Waals surface area (Å²) in [4.78, 5) is 24.4. The van der Waals surface area contributed by atoms with Gasteiger partial charge in [0.15, 0.2) is 0 Å². The number of nitrogens with zero attached hydrogens (tertiary/aromatic N) is 1. The van der Waals surface area contributed by atoms with E-state index >= 15 is 0 Å². The van der Waals surface area contributed by atoms with Crippen LogP contribution < -0.4 is 9.62 Å². The van der Waals surface area contributed by atoms with Gasteiger partial charge in [0, 0.05) is 5.69 Å². The summed E-state index contributed by atoms with van der Waals surface area (Å²) in [5.41, 5.74) is 1.65. The Labute approximate surface area is 175 Å². The minimum atomic E-state index is -3.72. The van der Waals surface area contributed by atoms with Crippen molar-refractivity contribution >= 4 is 44.9 Å². The number of sulfonamides is 1. The molecule has 2 aromatic carbocycles. The maximum Gasteiger partial charge on any atom is 0.339 e. The van der Waals surface area contributed by atoms with Gasteiger partial charge < -0.3 is 10.1 Å². The van der Waals surface area contributed by atoms with Gasteiger partial charge in [-0.05, 0) is 35.7 Å². The van der Waals surface area contributed by atoms with Gasteiger partial charge in [-0.3, -0.25) is 9.10 Å². The summed E-state index contributed by atoms with van der Waals surface area (Å²) < 4.78 is 30.5. The van der Waals surface area contributed by atoms with Crippen molar-refractivity contribution in [2.24, 2.45) is 0 Å². The quantitative estimate of drug-likeness (QED) is 0.666. The fourth-order valence-corrected chi connectivity index (χ4v) is 3.85. The number of rotatable bonds is 7. The zero-order valence-electron chi connectivity index (χ0n) is 16.6. The normalized spacial score (nSPS) is 11.2. The number of hydrogen-bond acceptors (Lipinski definition) is 5. The van der Waals surface area contributed by atoms with Gasteiger partial charge in [-0.15, -0.1) is 0 Å². The van der Waals surface area contributed by atoms with E-state index in [-0.39, 0.29) is 16.5 Å². The fraction of sp³-hybridized carbons (Fsp3) is 0.300. The summed E-state index contributed by atoms with van der Waals surface area (Å²) in [5.74, 6) is -1.14. The van der Waals surface area contributed by atoms with Crippen LogP contribution >= 0.6 is 11.6 Å². The summed E-state index contributed by atoms with van der Waals surface area (Å²) in [6, 6.07) is 11.4. The lowest BCUT2D eigenvalue weighted by atomic mass is 10.0. The molecule has 0 aliphatic heterocycles. The van der Waals surface area contributed by atoms with Crippen molar-refractivity contribution < 1.29 is 22.7 Å². The van der Waals surface area contributed by atoms with Crippen LogP contribution in [0, 0.1) is 0 Å². The lowest BCUT2D eigenvalue weighted by Gasteiger charge is -2.25. The van der Waals surface area contributed by atoms with Gasteiger partial charge in [0.05, 0.1) is 29.6 Å². The molecule has 7 nitrogen and oxygen atoms in total. The third-order valence-corrected chi connectivity index (χ3v) is 5.63. The number of carbonyl (C=O) groups is 2. The molecular formula is C20H23ClN2O5S. The van der Waals surface area contributed by atoms with Crippen LogP contribution in [-0.2, 0) is 19.6 Å². The molecule has 9 heteroatoms. The van der Waals surface area contributed by atoms with E-state index in [9.17, 15) is 18.0 Å². The highest BCUT2D eigenvalue weighted by Crippen LogP contribution is 2.29. The first-order valence-corrected chi connectivity index (χ1v) is 11.0. The van der Waals surface area contributed by atoms with Crippen LogP contribution in [0.1, 0.15) is 35.7 Å². The largest absolute Gasteiger partial charge is 0.465 e. The van der Waals surface area contributed by atoms with E-state index in [2.05, 4.69) is 10.1 Å². The van der Waals surface area contributed by atoms with Gasteiger partial charge in [0.2, 0.25) is 15.9 Å². The Morgan fingerprint density at radius 3 is 2.41 bits per heavy atom. The van der Waals surface area contributed by atoms with Gasteiger partial charge >= 0.3 is 5.97 Å². The number of hydrogen-bond donors (Lipinski definition) is 1. The molecular weight excluding hydrogens is 416 g/mol. The van der Waals surface area contributed by atoms with Crippen LogP contribution in [0.25, 0.3) is 0 Å². The molecule has 0 radical (unpaired) electrons. The first-order chi connectivity index (χ1) is 13.5. The molecule has 0 atom stereocenters. The number of ether oxygens (including phenoxy) is 1. The number of amides is 1. The Morgan fingerprint density at radius 1 is 1.17 bits per heavy atom. The van der Waals surface area contributed by atoms with Crippen molar-refractivity contribution in [3.05, 3.63) is 58.6 Å². The monoisotopic (exact) mass is 438 g/mol. The molecule has 0 aliphatic rings. The van der Waals surface area contributed by atoms with Crippen LogP contribution in [0.5, 0.6) is 0 Å². The van der Waals surface area contributed by atoms with E-state index < -0.39 is 28.4 Å². The maximum absolute atomic E-state index is 12.6. The number of methoxy groups -OCH3 is 1. The van der Waals surface area contributed by atoms with E-state index in [0.717, 1.165) is 16.1 Å². The van der Waals surface area contributed by atoms with E-state index in [1.807, 2.05) is 26.0 Å². The molecule has 0 saturated carbocycles. The van der Waals surface area contributed by atoms with Gasteiger partial charge in [-0.25, -0.2) is 13.2 Å². The zero-order valence-corrected chi connectivity index (χ0v) is 18.2. The molecule has 0 fully saturated rings. The second kappa shape index (κ2) is 9.28. The van der Waals surface area contributed by atoms with E-state index in [4.69, 9.17) is 11.6 Å². The van der Waals surface area contributed by atoms with Crippen molar-refractivity contribution in [2.75, 3.05) is 29.5 Å². The Kier molecular flexibility index (Phi) is 7.26. The van der Waals surface area contributed by atoms with Crippen LogP contribution in [0.15, 0.2) is 42.5 Å². The number of esters is 1. The third kappa shape index (κ3) is 5.71. The molecule has 0 spiro atoms. The summed E-state index contributed by atoms with van der Waals surface area (Å²) in [7, 11) is -2.49. The predicted octanol–water partition coefficient (Wildman–Crippen LogP) is 3.65. The third-order valence-electron chi connectivity index (χ3n) is 4.17. The molecule has 0 bridgehead atoms. The number of para-hydroxylation sites is 1. The molecule has 156 valence electrons. The lowest BCUT2D eigenvalue weighted by molar-refractivity contribution is -0.114. The van der Waals surface area contributed by atoms with Crippen molar-refractivity contribution in [1.29, 1.82) is 0 Å². The molecule has 2 aromatic rings. The van der Waals surface area contributed by atoms with Crippen LogP contribution in [0.2, 0.25) is 5.02 Å². The molecule has 1 amide bonds. The summed E-state index contributed by atoms with van der Waals surface area (Å²) in [6.07, 6.45) is 1.05. The number of carbonyl (C=O) groups excluding carboxylic acids is 2. The van der Waals surface area contributed by atoms with Crippen molar-refractivity contribution in [3.8, 4) is 0 Å². The average Bonchev–Trinajstić information content (AvgIpc) is 2.66. The zero-order chi connectivity index (χ0) is 21.8. The van der Waals surface area contributed by atoms with Crippen molar-refractivity contribution in [3.63, 3.8) is 0 Å². The lowest BCUT2D eigenvalue weighted by Crippen LogP contribution is -2.38. The summed E-state index contributed by atoms with van der Waals surface area (Å²) >= 11 is 5.98. The smallest absolute Gasteiger partial charge is 0.339 e. The number of halogens is 1. The molecule has 1 N–H and O–H groups in total. The van der Waals surface area contributed by atoms with Gasteiger partial charge in [0.25, 0.3) is 0 Å². The van der Waals surface area contributed by atoms with Gasteiger partial charge in [-0.1, -0.05) is 43.6 Å². The number of nitrogens with one attached hydrogen (secondary N) is 1. The molecule has 2 rings (SSSR count). The Morgan fingerprint density at radius 2 is 1.83 bits per heavy atom. The van der Waals surface area contributed by atoms with Crippen LogP contribution in [-0.4, -0.2) is 40.2 Å². The number of benzene rings is 2. The minimum Gasteiger partial charge on any atom is -0.465 e. The van der Waals surface area contributed by atoms with Gasteiger partial charge in [-0.2, -0.15) is 0 Å². The van der Waals surface area contributed by atoms with E-state index in [1.165, 1.54) is 25.3 Å². The predicted molar refractivity (Wildman–Crippen MR) is 114 cm³/mol. The highest BCUT2D eigenvalue weighted by molar-refractivity contribution is 7.92. The maximum atomic E-state index is 12.6. The minimum absolute atomic E-state index is 0.0670. The second-order valence-electron chi connectivity index (χ2n) is 6.72. The molecule has 0 heterocycles. The SMILES string of the molecule is COC(=O)c1cc(NC(=O)CN(c2ccccc2C(C)C)S(C)(=O)=O)ccc1Cl. The van der Waals surface area contributed by atoms with Crippen LogP contribution in [0.3, 0.4) is 0 Å². The Hall–Kier alpha value is -2.58. The highest BCUT2D eigenvalue weighted by atomic mass is 35.5. The highest BCUT2D eigenvalue weighted by Gasteiger charge is 2.24. The van der Waals surface area contributed by atoms with Crippen LogP contribution in [0.4, 0.5) is 11.4 Å². The molecule has 0 aromatic heterocycles. The first-order valence-electron chi connectivity index (χ1n) is 8.79. The molecule has 0 unspecified atom stereocenters. The average molecular weight is 439 g/mol. The molecule has 0 saturated heterocycles. The summed E-state index contributed by atoms with van der Waals surface area (Å²) in [5, 5.41) is 2.78. The van der Waals surface area contributed by atoms with E-state index in [1.54, 1.807) is 12.1 Å². The Bertz CT molecular complexity index is 1020. The van der Waals surface area contributed by atoms with E-state index in [0.29, 0.717) is 11.4 Å². The van der Waals surface area contributed by atoms with Crippen molar-refractivity contribution in [2.45, 2.75) is 19.8 Å². The Balaban J connectivity index is 2.31. The number of anilines is 2. The molecule has 29 heavy (non-hydrogen) atoms.